The Labute approximate surface area is 209 Å². The zero-order valence-electron chi connectivity index (χ0n) is 20.7. The summed E-state index contributed by atoms with van der Waals surface area (Å²) in [4.78, 5) is 36.2. The van der Waals surface area contributed by atoms with Gasteiger partial charge in [0.2, 0.25) is 6.29 Å². The van der Waals surface area contributed by atoms with E-state index in [1.807, 2.05) is 7.05 Å². The fourth-order valence-electron chi connectivity index (χ4n) is 3.44. The number of carbonyl (C=O) groups is 3. The predicted octanol–water partition coefficient (Wildman–Crippen LogP) is -0.224. The van der Waals surface area contributed by atoms with E-state index >= 15 is 0 Å². The summed E-state index contributed by atoms with van der Waals surface area (Å²) in [5.74, 6) is -2.85. The van der Waals surface area contributed by atoms with Gasteiger partial charge in [0.05, 0.1) is 11.5 Å². The number of aliphatic hydroxyl groups is 3. The smallest absolute Gasteiger partial charge is 0.335 e. The van der Waals surface area contributed by atoms with Crippen molar-refractivity contribution < 1.29 is 49.0 Å². The van der Waals surface area contributed by atoms with E-state index in [1.165, 1.54) is 18.2 Å². The number of carboxylic acid groups (broad SMARTS) is 1. The minimum absolute atomic E-state index is 0.0339. The molecule has 202 valence electrons. The van der Waals surface area contributed by atoms with Gasteiger partial charge in [0.15, 0.2) is 6.10 Å². The third kappa shape index (κ3) is 8.14. The van der Waals surface area contributed by atoms with Crippen LogP contribution >= 0.6 is 0 Å². The molecule has 1 aromatic carbocycles. The molecule has 0 unspecified atom stereocenters. The van der Waals surface area contributed by atoms with Gasteiger partial charge in [0.25, 0.3) is 5.91 Å². The van der Waals surface area contributed by atoms with Gasteiger partial charge in [-0.15, -0.1) is 0 Å². The zero-order chi connectivity index (χ0) is 26.8. The van der Waals surface area contributed by atoms with Crippen LogP contribution in [-0.4, -0.2) is 89.1 Å². The van der Waals surface area contributed by atoms with Gasteiger partial charge in [-0.2, -0.15) is 0 Å². The molecule has 6 N–H and O–H groups in total. The van der Waals surface area contributed by atoms with E-state index in [9.17, 15) is 34.8 Å². The Hall–Kier alpha value is -2.77. The van der Waals surface area contributed by atoms with Gasteiger partial charge in [-0.1, -0.05) is 26.3 Å². The van der Waals surface area contributed by atoms with Gasteiger partial charge >= 0.3 is 11.9 Å². The van der Waals surface area contributed by atoms with Crippen LogP contribution in [0, 0.1) is 5.92 Å². The monoisotopic (exact) mass is 512 g/mol. The maximum Gasteiger partial charge on any atom is 0.335 e. The number of nitrogens with one attached hydrogen (secondary N) is 2. The largest absolute Gasteiger partial charge is 0.479 e. The number of hydrogen-bond acceptors (Lipinski definition) is 10. The first kappa shape index (κ1) is 29.5. The number of hydrogen-bond donors (Lipinski definition) is 6. The van der Waals surface area contributed by atoms with Crippen molar-refractivity contribution in [2.75, 3.05) is 20.1 Å². The molecule has 0 aliphatic carbocycles. The summed E-state index contributed by atoms with van der Waals surface area (Å²) < 4.78 is 16.0. The fraction of sp³-hybridized carbons (Fsp3) is 0.625. The van der Waals surface area contributed by atoms with E-state index in [0.717, 1.165) is 25.8 Å². The fourth-order valence-corrected chi connectivity index (χ4v) is 3.44. The maximum atomic E-state index is 13.0. The standard InChI is InChI=1S/C24H36N2O10/c1-13(2)23(33)34-12-14-7-8-16(15(11-14)21(30)26-10-6-4-5-9-25-3)35-24-19(29)17(27)18(28)20(36-24)22(31)32/h7-8,11,13,17-20,24-25,27-29H,4-6,9-10,12H2,1-3H3,(H,26,30)(H,31,32)/t17-,18-,19+,20-,24-/m0/s1. The average molecular weight is 513 g/mol. The Bertz CT molecular complexity index is 894. The lowest BCUT2D eigenvalue weighted by Gasteiger charge is -2.38. The number of benzene rings is 1. The van der Waals surface area contributed by atoms with Gasteiger partial charge in [0, 0.05) is 6.54 Å². The van der Waals surface area contributed by atoms with E-state index < -0.39 is 48.6 Å². The number of esters is 1. The van der Waals surface area contributed by atoms with E-state index in [0.29, 0.717) is 12.1 Å². The minimum Gasteiger partial charge on any atom is -0.479 e. The molecular weight excluding hydrogens is 476 g/mol. The Morgan fingerprint density at radius 2 is 1.72 bits per heavy atom. The summed E-state index contributed by atoms with van der Waals surface area (Å²) in [6.07, 6.45) is -6.45. The number of amides is 1. The molecule has 1 amide bonds. The highest BCUT2D eigenvalue weighted by Crippen LogP contribution is 2.28. The molecule has 12 nitrogen and oxygen atoms in total. The van der Waals surface area contributed by atoms with Crippen molar-refractivity contribution in [3.63, 3.8) is 0 Å². The first-order valence-corrected chi connectivity index (χ1v) is 11.9. The molecule has 12 heteroatoms. The topological polar surface area (TPSA) is 184 Å². The van der Waals surface area contributed by atoms with Crippen LogP contribution < -0.4 is 15.4 Å². The van der Waals surface area contributed by atoms with Crippen LogP contribution in [-0.2, 0) is 25.7 Å². The highest BCUT2D eigenvalue weighted by atomic mass is 16.7. The predicted molar refractivity (Wildman–Crippen MR) is 126 cm³/mol. The van der Waals surface area contributed by atoms with Crippen LogP contribution in [0.1, 0.15) is 49.0 Å². The molecule has 5 atom stereocenters. The Balaban J connectivity index is 2.21. The van der Waals surface area contributed by atoms with Crippen molar-refractivity contribution in [1.82, 2.24) is 10.6 Å². The van der Waals surface area contributed by atoms with Crippen LogP contribution in [0.15, 0.2) is 18.2 Å². The van der Waals surface area contributed by atoms with Gasteiger partial charge in [-0.25, -0.2) is 4.79 Å². The highest BCUT2D eigenvalue weighted by Gasteiger charge is 2.48. The number of carbonyl (C=O) groups excluding carboxylic acids is 2. The van der Waals surface area contributed by atoms with Gasteiger partial charge in [-0.05, 0) is 44.1 Å². The number of aliphatic hydroxyl groups excluding tert-OH is 3. The van der Waals surface area contributed by atoms with Gasteiger partial charge < -0.3 is 45.3 Å². The Morgan fingerprint density at radius 1 is 1.03 bits per heavy atom. The summed E-state index contributed by atoms with van der Waals surface area (Å²) in [5.41, 5.74) is 0.533. The SMILES string of the molecule is CNCCCCCNC(=O)c1cc(COC(=O)C(C)C)ccc1O[C@H]1O[C@H](C(=O)O)[C@@H](O)[C@H](O)[C@H]1O. The summed E-state index contributed by atoms with van der Waals surface area (Å²) in [6.45, 7) is 4.56. The molecule has 1 aliphatic rings. The van der Waals surface area contributed by atoms with Crippen molar-refractivity contribution in [3.05, 3.63) is 29.3 Å². The molecule has 36 heavy (non-hydrogen) atoms. The summed E-state index contributed by atoms with van der Waals surface area (Å²) in [6, 6.07) is 4.38. The first-order valence-electron chi connectivity index (χ1n) is 11.9. The van der Waals surface area contributed by atoms with Gasteiger partial charge in [-0.3, -0.25) is 9.59 Å². The lowest BCUT2D eigenvalue weighted by Crippen LogP contribution is -2.61. The molecule has 0 bridgehead atoms. The number of unbranched alkanes of at least 4 members (excludes halogenated alkanes) is 2. The molecule has 0 spiro atoms. The summed E-state index contributed by atoms with van der Waals surface area (Å²) in [5, 5.41) is 45.3. The lowest BCUT2D eigenvalue weighted by atomic mass is 9.99. The third-order valence-corrected chi connectivity index (χ3v) is 5.59. The summed E-state index contributed by atoms with van der Waals surface area (Å²) >= 11 is 0. The molecule has 2 rings (SSSR count). The lowest BCUT2D eigenvalue weighted by molar-refractivity contribution is -0.271. The second kappa shape index (κ2) is 14.1. The molecule has 1 heterocycles. The molecule has 0 radical (unpaired) electrons. The normalized spacial score (nSPS) is 23.8. The van der Waals surface area contributed by atoms with Gasteiger partial charge in [0.1, 0.15) is 30.7 Å². The van der Waals surface area contributed by atoms with E-state index in [2.05, 4.69) is 10.6 Å². The molecule has 1 aliphatic heterocycles. The summed E-state index contributed by atoms with van der Waals surface area (Å²) in [7, 11) is 1.86. The number of ether oxygens (including phenoxy) is 3. The van der Waals surface area contributed by atoms with E-state index in [-0.39, 0.29) is 23.8 Å². The molecular formula is C24H36N2O10. The van der Waals surface area contributed by atoms with E-state index in [1.54, 1.807) is 13.8 Å². The highest BCUT2D eigenvalue weighted by molar-refractivity contribution is 5.97. The average Bonchev–Trinajstić information content (AvgIpc) is 2.84. The maximum absolute atomic E-state index is 13.0. The third-order valence-electron chi connectivity index (χ3n) is 5.59. The Kier molecular flexibility index (Phi) is 11.5. The molecule has 1 fully saturated rings. The van der Waals surface area contributed by atoms with Crippen molar-refractivity contribution in [2.24, 2.45) is 5.92 Å². The van der Waals surface area contributed by atoms with Crippen molar-refractivity contribution in [1.29, 1.82) is 0 Å². The quantitative estimate of drug-likeness (QED) is 0.152. The number of rotatable bonds is 13. The van der Waals surface area contributed by atoms with Crippen molar-refractivity contribution >= 4 is 17.8 Å². The van der Waals surface area contributed by atoms with Crippen LogP contribution in [0.3, 0.4) is 0 Å². The minimum atomic E-state index is -1.87. The first-order chi connectivity index (χ1) is 17.1. The van der Waals surface area contributed by atoms with Crippen LogP contribution in [0.5, 0.6) is 5.75 Å². The molecule has 1 saturated heterocycles. The van der Waals surface area contributed by atoms with Crippen molar-refractivity contribution in [3.8, 4) is 5.75 Å². The molecule has 0 aromatic heterocycles. The number of carboxylic acids is 1. The number of aliphatic carboxylic acids is 1. The van der Waals surface area contributed by atoms with Crippen LogP contribution in [0.2, 0.25) is 0 Å². The second-order valence-corrected chi connectivity index (χ2v) is 8.87. The van der Waals surface area contributed by atoms with Crippen molar-refractivity contribution in [2.45, 2.75) is 70.4 Å². The van der Waals surface area contributed by atoms with E-state index in [4.69, 9.17) is 14.2 Å². The molecule has 1 aromatic rings. The second-order valence-electron chi connectivity index (χ2n) is 8.87. The molecule has 0 saturated carbocycles. The van der Waals surface area contributed by atoms with Crippen LogP contribution in [0.25, 0.3) is 0 Å². The zero-order valence-corrected chi connectivity index (χ0v) is 20.7. The Morgan fingerprint density at radius 3 is 2.36 bits per heavy atom. The van der Waals surface area contributed by atoms with Crippen LogP contribution in [0.4, 0.5) is 0 Å².